The van der Waals surface area contributed by atoms with Gasteiger partial charge >= 0.3 is 0 Å². The van der Waals surface area contributed by atoms with Crippen molar-refractivity contribution < 1.29 is 19.1 Å². The van der Waals surface area contributed by atoms with Crippen LogP contribution in [-0.2, 0) is 9.59 Å². The van der Waals surface area contributed by atoms with E-state index in [1.165, 1.54) is 5.56 Å². The molecule has 0 spiro atoms. The molecule has 3 aromatic carbocycles. The number of fused-ring (bicyclic) bond motifs is 2. The zero-order valence-electron chi connectivity index (χ0n) is 23.2. The summed E-state index contributed by atoms with van der Waals surface area (Å²) in [6.07, 6.45) is 6.10. The van der Waals surface area contributed by atoms with Gasteiger partial charge in [-0.2, -0.15) is 0 Å². The molecule has 4 heteroatoms. The van der Waals surface area contributed by atoms with E-state index in [1.54, 1.807) is 0 Å². The quantitative estimate of drug-likeness (QED) is 0.142. The Bertz CT molecular complexity index is 1270. The normalized spacial score (nSPS) is 18.0. The Morgan fingerprint density at radius 1 is 0.838 bits per heavy atom. The number of ether oxygens (including phenoxy) is 2. The van der Waals surface area contributed by atoms with Crippen LogP contribution < -0.4 is 9.47 Å². The number of hydrogen-bond donors (Lipinski definition) is 0. The number of benzene rings is 3. The Kier molecular flexibility index (Phi) is 8.56. The van der Waals surface area contributed by atoms with Gasteiger partial charge in [0.05, 0.1) is 13.2 Å². The highest BCUT2D eigenvalue weighted by molar-refractivity contribution is 6.40. The molecule has 4 nitrogen and oxygen atoms in total. The van der Waals surface area contributed by atoms with Crippen molar-refractivity contribution in [2.75, 3.05) is 13.2 Å². The highest BCUT2D eigenvalue weighted by Gasteiger charge is 2.47. The first-order chi connectivity index (χ1) is 17.8. The molecule has 0 radical (unpaired) electrons. The molecule has 1 fully saturated rings. The first-order valence-electron chi connectivity index (χ1n) is 14.1. The molecule has 1 aliphatic rings. The van der Waals surface area contributed by atoms with Gasteiger partial charge in [-0.3, -0.25) is 9.59 Å². The average Bonchev–Trinajstić information content (AvgIpc) is 3.08. The maximum absolute atomic E-state index is 12.7. The molecule has 0 heterocycles. The van der Waals surface area contributed by atoms with Gasteiger partial charge in [0, 0.05) is 33.9 Å². The van der Waals surface area contributed by atoms with E-state index in [9.17, 15) is 9.59 Å². The predicted molar refractivity (Wildman–Crippen MR) is 152 cm³/mol. The summed E-state index contributed by atoms with van der Waals surface area (Å²) < 4.78 is 12.9. The van der Waals surface area contributed by atoms with Gasteiger partial charge in [-0.15, -0.1) is 0 Å². The lowest BCUT2D eigenvalue weighted by Gasteiger charge is -2.28. The van der Waals surface area contributed by atoms with E-state index in [1.807, 2.05) is 0 Å². The summed E-state index contributed by atoms with van der Waals surface area (Å²) in [5.74, 6) is 1.37. The fourth-order valence-corrected chi connectivity index (χ4v) is 5.74. The largest absolute Gasteiger partial charge is 0.492 e. The van der Waals surface area contributed by atoms with Gasteiger partial charge in [0.2, 0.25) is 5.78 Å². The number of unbranched alkanes of at least 4 members (excludes halogenated alkanes) is 2. The van der Waals surface area contributed by atoms with Crippen LogP contribution in [0.15, 0.2) is 42.5 Å². The molecule has 4 rings (SSSR count). The molecule has 0 aliphatic heterocycles. The summed E-state index contributed by atoms with van der Waals surface area (Å²) in [5.41, 5.74) is 0.900. The molecule has 0 N–H and O–H groups in total. The first kappa shape index (κ1) is 27.2. The molecule has 0 amide bonds. The smallest absolute Gasteiger partial charge is 0.202 e. The minimum absolute atomic E-state index is 0.183. The second-order valence-electron chi connectivity index (χ2n) is 11.3. The zero-order valence-corrected chi connectivity index (χ0v) is 23.2. The molecular weight excluding hydrogens is 460 g/mol. The van der Waals surface area contributed by atoms with Gasteiger partial charge in [0.25, 0.3) is 0 Å². The molecular formula is C33H42O4. The third kappa shape index (κ3) is 5.54. The summed E-state index contributed by atoms with van der Waals surface area (Å²) in [6, 6.07) is 15.0. The molecule has 1 saturated carbocycles. The molecule has 0 bridgehead atoms. The summed E-state index contributed by atoms with van der Waals surface area (Å²) >= 11 is 0. The van der Waals surface area contributed by atoms with E-state index in [4.69, 9.17) is 9.47 Å². The molecule has 0 saturated heterocycles. The van der Waals surface area contributed by atoms with Gasteiger partial charge < -0.3 is 9.47 Å². The van der Waals surface area contributed by atoms with E-state index in [0.29, 0.717) is 26.1 Å². The Labute approximate surface area is 221 Å². The van der Waals surface area contributed by atoms with Crippen LogP contribution in [0.1, 0.15) is 91.0 Å². The van der Waals surface area contributed by atoms with Crippen molar-refractivity contribution in [1.29, 1.82) is 0 Å². The second-order valence-corrected chi connectivity index (χ2v) is 11.3. The van der Waals surface area contributed by atoms with Crippen LogP contribution in [0.2, 0.25) is 0 Å². The SMILES string of the molecule is CCCCOc1c2ccccc2c(OCCCC)c2cc(C(CC)CC3C(=O)C(=O)CC3(C)C)ccc12. The topological polar surface area (TPSA) is 52.6 Å². The maximum atomic E-state index is 12.7. The van der Waals surface area contributed by atoms with Crippen molar-refractivity contribution >= 4 is 33.1 Å². The first-order valence-corrected chi connectivity index (χ1v) is 14.1. The summed E-state index contributed by atoms with van der Waals surface area (Å²) in [5, 5.41) is 4.27. The van der Waals surface area contributed by atoms with Gasteiger partial charge in [0.15, 0.2) is 5.78 Å². The molecule has 3 aromatic rings. The standard InChI is InChI=1S/C33H42O4/c1-6-9-17-36-31-24-13-11-12-14-25(24)32(37-18-10-7-2)27-19-23(15-16-26(27)31)22(8-3)20-28-30(35)29(34)21-33(28,4)5/h11-16,19,22,28H,6-10,17-18,20-21H2,1-5H3. The molecule has 198 valence electrons. The fourth-order valence-electron chi connectivity index (χ4n) is 5.74. The van der Waals surface area contributed by atoms with Crippen molar-refractivity contribution in [1.82, 2.24) is 0 Å². The minimum atomic E-state index is -0.288. The lowest BCUT2D eigenvalue weighted by Crippen LogP contribution is -2.25. The van der Waals surface area contributed by atoms with Gasteiger partial charge in [-0.25, -0.2) is 0 Å². The van der Waals surface area contributed by atoms with Crippen molar-refractivity contribution in [2.24, 2.45) is 11.3 Å². The lowest BCUT2D eigenvalue weighted by molar-refractivity contribution is -0.136. The number of rotatable bonds is 12. The Balaban J connectivity index is 1.83. The Morgan fingerprint density at radius 3 is 1.92 bits per heavy atom. The van der Waals surface area contributed by atoms with Crippen LogP contribution in [0.4, 0.5) is 0 Å². The van der Waals surface area contributed by atoms with Crippen LogP contribution in [0, 0.1) is 11.3 Å². The van der Waals surface area contributed by atoms with E-state index < -0.39 is 0 Å². The van der Waals surface area contributed by atoms with E-state index in [2.05, 4.69) is 77.1 Å². The summed E-state index contributed by atoms with van der Waals surface area (Å²) in [6.45, 7) is 12.0. The number of carbonyl (C=O) groups is 2. The Morgan fingerprint density at radius 2 is 1.41 bits per heavy atom. The Hall–Kier alpha value is -2.88. The lowest BCUT2D eigenvalue weighted by atomic mass is 9.74. The van der Waals surface area contributed by atoms with Gasteiger partial charge in [0.1, 0.15) is 11.5 Å². The van der Waals surface area contributed by atoms with Crippen LogP contribution >= 0.6 is 0 Å². The number of Topliss-reactive ketones (excluding diaryl/α,β-unsaturated/α-hetero) is 2. The molecule has 0 aromatic heterocycles. The molecule has 2 unspecified atom stereocenters. The second kappa shape index (κ2) is 11.7. The average molecular weight is 503 g/mol. The maximum Gasteiger partial charge on any atom is 0.202 e. The van der Waals surface area contributed by atoms with Crippen molar-refractivity contribution in [2.45, 2.75) is 85.5 Å². The van der Waals surface area contributed by atoms with Gasteiger partial charge in [-0.05, 0) is 48.6 Å². The summed E-state index contributed by atoms with van der Waals surface area (Å²) in [7, 11) is 0. The number of ketones is 2. The highest BCUT2D eigenvalue weighted by atomic mass is 16.5. The zero-order chi connectivity index (χ0) is 26.6. The van der Waals surface area contributed by atoms with E-state index in [-0.39, 0.29) is 28.8 Å². The third-order valence-corrected chi connectivity index (χ3v) is 8.07. The molecule has 37 heavy (non-hydrogen) atoms. The van der Waals surface area contributed by atoms with Crippen LogP contribution in [-0.4, -0.2) is 24.8 Å². The minimum Gasteiger partial charge on any atom is -0.492 e. The number of hydrogen-bond acceptors (Lipinski definition) is 4. The predicted octanol–water partition coefficient (Wildman–Crippen LogP) is 8.42. The molecule has 1 aliphatic carbocycles. The highest BCUT2D eigenvalue weighted by Crippen LogP contribution is 2.47. The monoisotopic (exact) mass is 502 g/mol. The van der Waals surface area contributed by atoms with Crippen molar-refractivity contribution in [3.63, 3.8) is 0 Å². The van der Waals surface area contributed by atoms with Crippen molar-refractivity contribution in [3.05, 3.63) is 48.0 Å². The third-order valence-electron chi connectivity index (χ3n) is 8.07. The molecule has 2 atom stereocenters. The summed E-state index contributed by atoms with van der Waals surface area (Å²) in [4.78, 5) is 25.0. The van der Waals surface area contributed by atoms with E-state index >= 15 is 0 Å². The van der Waals surface area contributed by atoms with Crippen LogP contribution in [0.25, 0.3) is 21.5 Å². The van der Waals surface area contributed by atoms with Crippen LogP contribution in [0.5, 0.6) is 11.5 Å². The van der Waals surface area contributed by atoms with Crippen LogP contribution in [0.3, 0.4) is 0 Å². The fraction of sp³-hybridized carbons (Fsp3) is 0.515. The van der Waals surface area contributed by atoms with Crippen molar-refractivity contribution in [3.8, 4) is 11.5 Å². The van der Waals surface area contributed by atoms with Gasteiger partial charge in [-0.1, -0.05) is 83.9 Å². The van der Waals surface area contributed by atoms with E-state index in [0.717, 1.165) is 65.1 Å². The number of carbonyl (C=O) groups excluding carboxylic acids is 2.